The van der Waals surface area contributed by atoms with Gasteiger partial charge < -0.3 is 14.6 Å². The molecule has 2 amide bonds. The number of carbonyl (C=O) groups excluding carboxylic acids is 1. The molecule has 0 aliphatic carbocycles. The number of likely N-dealkylation sites (tertiary alicyclic amines) is 1. The van der Waals surface area contributed by atoms with Crippen LogP contribution in [-0.2, 0) is 11.8 Å². The second-order valence-electron chi connectivity index (χ2n) is 10.2. The van der Waals surface area contributed by atoms with E-state index < -0.39 is 11.8 Å². The van der Waals surface area contributed by atoms with Crippen molar-refractivity contribution in [3.63, 3.8) is 0 Å². The number of carbonyl (C=O) groups is 1. The lowest BCUT2D eigenvalue weighted by atomic mass is 9.94. The number of benzene rings is 2. The largest absolute Gasteiger partial charge is 0.383 e. The van der Waals surface area contributed by atoms with Gasteiger partial charge in [0.2, 0.25) is 5.56 Å². The fourth-order valence-electron chi connectivity index (χ4n) is 5.28. The van der Waals surface area contributed by atoms with Gasteiger partial charge in [0, 0.05) is 68.1 Å². The van der Waals surface area contributed by atoms with E-state index in [9.17, 15) is 14.0 Å². The zero-order valence-corrected chi connectivity index (χ0v) is 23.9. The first-order valence-electron chi connectivity index (χ1n) is 13.3. The van der Waals surface area contributed by atoms with Crippen molar-refractivity contribution in [2.24, 2.45) is 7.05 Å². The van der Waals surface area contributed by atoms with E-state index in [4.69, 9.17) is 21.4 Å². The molecule has 0 spiro atoms. The third-order valence-electron chi connectivity index (χ3n) is 7.35. The highest BCUT2D eigenvalue weighted by atomic mass is 35.5. The van der Waals surface area contributed by atoms with Gasteiger partial charge in [0.25, 0.3) is 0 Å². The SMILES string of the molecule is COCCN1CC(NC(=O)Nc2c(C)c(-c3ccc(=O)n(C)c3)nn2-c2ccccc2)C(c2cc(F)cc(Cl)c2)C1. The fourth-order valence-corrected chi connectivity index (χ4v) is 5.51. The maximum Gasteiger partial charge on any atom is 0.320 e. The van der Waals surface area contributed by atoms with Crippen LogP contribution in [0.4, 0.5) is 15.0 Å². The molecule has 2 aromatic heterocycles. The molecule has 2 unspecified atom stereocenters. The lowest BCUT2D eigenvalue weighted by Crippen LogP contribution is -2.42. The number of hydrogen-bond donors (Lipinski definition) is 2. The van der Waals surface area contributed by atoms with Crippen LogP contribution >= 0.6 is 11.6 Å². The number of hydrogen-bond acceptors (Lipinski definition) is 5. The molecule has 0 radical (unpaired) electrons. The number of nitrogens with zero attached hydrogens (tertiary/aromatic N) is 4. The molecule has 1 aliphatic rings. The molecular weight excluding hydrogens is 547 g/mol. The number of amides is 2. The van der Waals surface area contributed by atoms with E-state index in [0.717, 1.165) is 22.4 Å². The van der Waals surface area contributed by atoms with Gasteiger partial charge in [0.05, 0.1) is 24.0 Å². The summed E-state index contributed by atoms with van der Waals surface area (Å²) < 4.78 is 22.7. The third-order valence-corrected chi connectivity index (χ3v) is 7.57. The molecule has 1 saturated heterocycles. The van der Waals surface area contributed by atoms with E-state index in [1.807, 2.05) is 37.3 Å². The van der Waals surface area contributed by atoms with Gasteiger partial charge in [0.1, 0.15) is 11.6 Å². The highest BCUT2D eigenvalue weighted by Gasteiger charge is 2.35. The molecule has 4 aromatic rings. The second kappa shape index (κ2) is 12.3. The van der Waals surface area contributed by atoms with Gasteiger partial charge in [-0.25, -0.2) is 13.9 Å². The Hall–Kier alpha value is -3.99. The molecule has 1 fully saturated rings. The normalized spacial score (nSPS) is 17.1. The van der Waals surface area contributed by atoms with Gasteiger partial charge in [-0.3, -0.25) is 15.0 Å². The van der Waals surface area contributed by atoms with Gasteiger partial charge in [-0.05, 0) is 48.9 Å². The van der Waals surface area contributed by atoms with Crippen LogP contribution in [0.3, 0.4) is 0 Å². The zero-order valence-electron chi connectivity index (χ0n) is 23.1. The molecular formula is C30H32ClFN6O3. The Morgan fingerprint density at radius 1 is 1.15 bits per heavy atom. The maximum absolute atomic E-state index is 14.3. The summed E-state index contributed by atoms with van der Waals surface area (Å²) in [6, 6.07) is 16.5. The van der Waals surface area contributed by atoms with Crippen molar-refractivity contribution in [1.29, 1.82) is 0 Å². The van der Waals surface area contributed by atoms with Gasteiger partial charge in [-0.15, -0.1) is 0 Å². The van der Waals surface area contributed by atoms with Crippen molar-refractivity contribution >= 4 is 23.4 Å². The van der Waals surface area contributed by atoms with E-state index in [1.54, 1.807) is 37.2 Å². The number of aromatic nitrogens is 3. The fraction of sp³-hybridized carbons (Fsp3) is 0.300. The number of urea groups is 1. The molecule has 1 aliphatic heterocycles. The molecule has 41 heavy (non-hydrogen) atoms. The first-order valence-corrected chi connectivity index (χ1v) is 13.7. The number of aryl methyl sites for hydroxylation is 1. The van der Waals surface area contributed by atoms with Crippen molar-refractivity contribution in [2.45, 2.75) is 18.9 Å². The molecule has 2 N–H and O–H groups in total. The second-order valence-corrected chi connectivity index (χ2v) is 10.6. The highest BCUT2D eigenvalue weighted by molar-refractivity contribution is 6.30. The summed E-state index contributed by atoms with van der Waals surface area (Å²) in [6.07, 6.45) is 1.72. The molecule has 9 nitrogen and oxygen atoms in total. The minimum Gasteiger partial charge on any atom is -0.383 e. The van der Waals surface area contributed by atoms with Crippen molar-refractivity contribution in [1.82, 2.24) is 24.6 Å². The van der Waals surface area contributed by atoms with Crippen LogP contribution in [-0.4, -0.2) is 64.7 Å². The summed E-state index contributed by atoms with van der Waals surface area (Å²) in [7, 11) is 3.33. The quantitative estimate of drug-likeness (QED) is 0.319. The summed E-state index contributed by atoms with van der Waals surface area (Å²) in [4.78, 5) is 27.7. The summed E-state index contributed by atoms with van der Waals surface area (Å²) in [5, 5.41) is 11.2. The minimum absolute atomic E-state index is 0.128. The molecule has 214 valence electrons. The highest BCUT2D eigenvalue weighted by Crippen LogP contribution is 2.32. The number of nitrogens with one attached hydrogen (secondary N) is 2. The smallest absolute Gasteiger partial charge is 0.320 e. The molecule has 0 saturated carbocycles. The summed E-state index contributed by atoms with van der Waals surface area (Å²) in [5.41, 5.74) is 3.48. The number of ether oxygens (including phenoxy) is 1. The number of methoxy groups -OCH3 is 1. The Kier molecular flexibility index (Phi) is 8.53. The molecule has 11 heteroatoms. The van der Waals surface area contributed by atoms with E-state index in [2.05, 4.69) is 15.5 Å². The molecule has 2 aromatic carbocycles. The Morgan fingerprint density at radius 2 is 1.93 bits per heavy atom. The lowest BCUT2D eigenvalue weighted by Gasteiger charge is -2.21. The van der Waals surface area contributed by atoms with Crippen LogP contribution in [0, 0.1) is 12.7 Å². The Labute approximate surface area is 242 Å². The van der Waals surface area contributed by atoms with Gasteiger partial charge >= 0.3 is 6.03 Å². The average molecular weight is 579 g/mol. The predicted octanol–water partition coefficient (Wildman–Crippen LogP) is 4.57. The average Bonchev–Trinajstić information content (AvgIpc) is 3.49. The monoisotopic (exact) mass is 578 g/mol. The summed E-state index contributed by atoms with van der Waals surface area (Å²) >= 11 is 6.17. The Bertz CT molecular complexity index is 1590. The van der Waals surface area contributed by atoms with E-state index >= 15 is 0 Å². The summed E-state index contributed by atoms with van der Waals surface area (Å²) in [5.74, 6) is -0.0939. The minimum atomic E-state index is -0.417. The van der Waals surface area contributed by atoms with E-state index in [0.29, 0.717) is 42.8 Å². The predicted molar refractivity (Wildman–Crippen MR) is 157 cm³/mol. The van der Waals surface area contributed by atoms with Crippen LogP contribution in [0.25, 0.3) is 16.9 Å². The van der Waals surface area contributed by atoms with Crippen LogP contribution in [0.2, 0.25) is 5.02 Å². The Balaban J connectivity index is 1.45. The number of pyridine rings is 1. The molecule has 5 rings (SSSR count). The standard InChI is InChI=1S/C30H32ClFN6O3/c1-19-28(20-9-10-27(39)36(2)16-20)35-38(24-7-5-4-6-8-24)29(19)34-30(40)33-26-18-37(11-12-41-3)17-25(26)21-13-22(31)15-23(32)14-21/h4-10,13-16,25-26H,11-12,17-18H2,1-3H3,(H2,33,34,40). The van der Waals surface area contributed by atoms with E-state index in [-0.39, 0.29) is 17.5 Å². The van der Waals surface area contributed by atoms with Crippen LogP contribution in [0.5, 0.6) is 0 Å². The number of para-hydroxylation sites is 1. The maximum atomic E-state index is 14.3. The molecule has 3 heterocycles. The lowest BCUT2D eigenvalue weighted by molar-refractivity contribution is 0.159. The van der Waals surface area contributed by atoms with Gasteiger partial charge in [-0.2, -0.15) is 5.10 Å². The number of halogens is 2. The van der Waals surface area contributed by atoms with Gasteiger partial charge in [0.15, 0.2) is 0 Å². The van der Waals surface area contributed by atoms with Crippen molar-refractivity contribution < 1.29 is 13.9 Å². The first kappa shape index (κ1) is 28.5. The molecule has 2 atom stereocenters. The Morgan fingerprint density at radius 3 is 2.63 bits per heavy atom. The van der Waals surface area contributed by atoms with Crippen molar-refractivity contribution in [3.8, 4) is 16.9 Å². The molecule has 0 bridgehead atoms. The number of rotatable bonds is 8. The first-order chi connectivity index (χ1) is 19.7. The topological polar surface area (TPSA) is 93.4 Å². The van der Waals surface area contributed by atoms with E-state index in [1.165, 1.54) is 22.8 Å². The van der Waals surface area contributed by atoms with Crippen molar-refractivity contribution in [3.05, 3.63) is 99.2 Å². The van der Waals surface area contributed by atoms with Crippen LogP contribution in [0.15, 0.2) is 71.7 Å². The number of anilines is 1. The zero-order chi connectivity index (χ0) is 29.1. The summed E-state index contributed by atoms with van der Waals surface area (Å²) in [6.45, 7) is 4.28. The van der Waals surface area contributed by atoms with Crippen LogP contribution in [0.1, 0.15) is 17.0 Å². The van der Waals surface area contributed by atoms with Crippen molar-refractivity contribution in [2.75, 3.05) is 38.7 Å². The third kappa shape index (κ3) is 6.35. The van der Waals surface area contributed by atoms with Crippen LogP contribution < -0.4 is 16.2 Å². The van der Waals surface area contributed by atoms with Gasteiger partial charge in [-0.1, -0.05) is 29.8 Å².